The number of hydrogen-bond donors (Lipinski definition) is 1. The normalized spacial score (nSPS) is 10.9. The lowest BCUT2D eigenvalue weighted by molar-refractivity contribution is 0.415. The van der Waals surface area contributed by atoms with Crippen LogP contribution in [0.1, 0.15) is 5.69 Å². The maximum atomic E-state index is 13.7. The molecule has 0 saturated heterocycles. The largest absolute Gasteiger partial charge is 0.496 e. The highest BCUT2D eigenvalue weighted by Gasteiger charge is 2.15. The Bertz CT molecular complexity index is 851. The highest BCUT2D eigenvalue weighted by Crippen LogP contribution is 2.38. The Labute approximate surface area is 132 Å². The minimum absolute atomic E-state index is 0.303. The second-order valence-corrected chi connectivity index (χ2v) is 5.24. The smallest absolute Gasteiger partial charge is 0.126 e. The molecule has 3 rings (SSSR count). The van der Waals surface area contributed by atoms with Crippen LogP contribution in [0.15, 0.2) is 42.6 Å². The van der Waals surface area contributed by atoms with Crippen molar-refractivity contribution in [2.24, 2.45) is 5.73 Å². The van der Waals surface area contributed by atoms with Gasteiger partial charge in [0, 0.05) is 39.7 Å². The van der Waals surface area contributed by atoms with Crippen molar-refractivity contribution < 1.29 is 9.13 Å². The van der Waals surface area contributed by atoms with Crippen molar-refractivity contribution >= 4 is 22.4 Å². The lowest BCUT2D eigenvalue weighted by Crippen LogP contribution is -2.02. The number of hydrogen-bond acceptors (Lipinski definition) is 3. The first-order valence-electron chi connectivity index (χ1n) is 6.75. The van der Waals surface area contributed by atoms with Gasteiger partial charge in [0.05, 0.1) is 12.8 Å². The van der Waals surface area contributed by atoms with Crippen LogP contribution < -0.4 is 10.5 Å². The number of ether oxygens (including phenoxy) is 1. The molecule has 3 nitrogen and oxygen atoms in total. The van der Waals surface area contributed by atoms with Gasteiger partial charge in [-0.05, 0) is 24.3 Å². The van der Waals surface area contributed by atoms with Crippen LogP contribution in [-0.2, 0) is 6.54 Å². The Morgan fingerprint density at radius 1 is 1.23 bits per heavy atom. The van der Waals surface area contributed by atoms with Gasteiger partial charge in [-0.15, -0.1) is 0 Å². The highest BCUT2D eigenvalue weighted by atomic mass is 35.5. The summed E-state index contributed by atoms with van der Waals surface area (Å²) in [7, 11) is 1.54. The zero-order chi connectivity index (χ0) is 15.7. The van der Waals surface area contributed by atoms with Gasteiger partial charge in [-0.2, -0.15) is 0 Å². The van der Waals surface area contributed by atoms with Crippen LogP contribution >= 0.6 is 11.6 Å². The lowest BCUT2D eigenvalue weighted by atomic mass is 9.98. The van der Waals surface area contributed by atoms with Gasteiger partial charge in [0.1, 0.15) is 11.6 Å². The number of benzene rings is 2. The van der Waals surface area contributed by atoms with E-state index in [1.165, 1.54) is 12.1 Å². The summed E-state index contributed by atoms with van der Waals surface area (Å²) in [6.07, 6.45) is 1.66. The molecule has 0 aliphatic heterocycles. The molecular weight excluding hydrogens is 303 g/mol. The van der Waals surface area contributed by atoms with Crippen LogP contribution in [0.25, 0.3) is 21.9 Å². The number of nitrogens with zero attached hydrogens (tertiary/aromatic N) is 1. The Balaban J connectivity index is 2.40. The molecule has 0 amide bonds. The monoisotopic (exact) mass is 316 g/mol. The third kappa shape index (κ3) is 2.40. The third-order valence-electron chi connectivity index (χ3n) is 3.59. The summed E-state index contributed by atoms with van der Waals surface area (Å²) in [5.41, 5.74) is 7.82. The first-order valence-corrected chi connectivity index (χ1v) is 7.13. The molecule has 0 unspecified atom stereocenters. The van der Waals surface area contributed by atoms with Gasteiger partial charge >= 0.3 is 0 Å². The van der Waals surface area contributed by atoms with Crippen LogP contribution in [0.4, 0.5) is 4.39 Å². The summed E-state index contributed by atoms with van der Waals surface area (Å²) in [6, 6.07) is 9.90. The van der Waals surface area contributed by atoms with Crippen LogP contribution in [0, 0.1) is 5.82 Å². The van der Waals surface area contributed by atoms with E-state index in [1.54, 1.807) is 25.4 Å². The van der Waals surface area contributed by atoms with Crippen molar-refractivity contribution in [1.29, 1.82) is 0 Å². The van der Waals surface area contributed by atoms with E-state index in [1.807, 2.05) is 12.1 Å². The second kappa shape index (κ2) is 5.91. The molecule has 0 aliphatic carbocycles. The molecule has 0 atom stereocenters. The average Bonchev–Trinajstić information content (AvgIpc) is 2.54. The van der Waals surface area contributed by atoms with Crippen LogP contribution in [-0.4, -0.2) is 12.1 Å². The molecule has 0 bridgehead atoms. The second-order valence-electron chi connectivity index (χ2n) is 4.83. The predicted molar refractivity (Wildman–Crippen MR) is 86.6 cm³/mol. The topological polar surface area (TPSA) is 48.1 Å². The molecule has 1 aromatic heterocycles. The standard InChI is InChI=1S/C17H14ClFN2O/c1-22-16-6-5-10(19)7-12(16)13-9-21-15(8-20)11-3-2-4-14(18)17(11)13/h2-7,9H,8,20H2,1H3. The number of fused-ring (bicyclic) bond motifs is 1. The Hall–Kier alpha value is -2.17. The van der Waals surface area contributed by atoms with Gasteiger partial charge in [-0.1, -0.05) is 23.7 Å². The Morgan fingerprint density at radius 3 is 2.77 bits per heavy atom. The van der Waals surface area contributed by atoms with Crippen molar-refractivity contribution in [1.82, 2.24) is 4.98 Å². The maximum Gasteiger partial charge on any atom is 0.126 e. The fourth-order valence-corrected chi connectivity index (χ4v) is 2.85. The van der Waals surface area contributed by atoms with Gasteiger partial charge in [-0.3, -0.25) is 4.98 Å². The number of rotatable bonds is 3. The van der Waals surface area contributed by atoms with Crippen LogP contribution in [0.5, 0.6) is 5.75 Å². The zero-order valence-electron chi connectivity index (χ0n) is 11.9. The minimum Gasteiger partial charge on any atom is -0.496 e. The maximum absolute atomic E-state index is 13.7. The number of methoxy groups -OCH3 is 1. The number of aromatic nitrogens is 1. The number of halogens is 2. The number of pyridine rings is 1. The molecule has 2 aromatic carbocycles. The molecule has 0 aliphatic rings. The van der Waals surface area contributed by atoms with Gasteiger partial charge in [0.25, 0.3) is 0 Å². The van der Waals surface area contributed by atoms with Crippen molar-refractivity contribution in [3.63, 3.8) is 0 Å². The lowest BCUT2D eigenvalue weighted by Gasteiger charge is -2.14. The zero-order valence-corrected chi connectivity index (χ0v) is 12.7. The molecule has 0 fully saturated rings. The summed E-state index contributed by atoms with van der Waals surface area (Å²) in [6.45, 7) is 0.303. The van der Waals surface area contributed by atoms with E-state index in [2.05, 4.69) is 4.98 Å². The van der Waals surface area contributed by atoms with Crippen LogP contribution in [0.3, 0.4) is 0 Å². The SMILES string of the molecule is COc1ccc(F)cc1-c1cnc(CN)c2cccc(Cl)c12. The summed E-state index contributed by atoms with van der Waals surface area (Å²) >= 11 is 6.37. The fraction of sp³-hybridized carbons (Fsp3) is 0.118. The molecule has 22 heavy (non-hydrogen) atoms. The van der Waals surface area contributed by atoms with Crippen molar-refractivity contribution in [2.45, 2.75) is 6.54 Å². The molecule has 112 valence electrons. The van der Waals surface area contributed by atoms with Gasteiger partial charge in [0.2, 0.25) is 0 Å². The summed E-state index contributed by atoms with van der Waals surface area (Å²) in [5, 5.41) is 2.22. The third-order valence-corrected chi connectivity index (χ3v) is 3.90. The van der Waals surface area contributed by atoms with E-state index in [0.717, 1.165) is 16.5 Å². The van der Waals surface area contributed by atoms with Crippen molar-refractivity contribution in [2.75, 3.05) is 7.11 Å². The summed E-state index contributed by atoms with van der Waals surface area (Å²) in [5.74, 6) is 0.212. The molecule has 2 N–H and O–H groups in total. The molecular formula is C17H14ClFN2O. The van der Waals surface area contributed by atoms with E-state index in [9.17, 15) is 4.39 Å². The molecule has 0 spiro atoms. The highest BCUT2D eigenvalue weighted by molar-refractivity contribution is 6.36. The van der Waals surface area contributed by atoms with Gasteiger partial charge in [-0.25, -0.2) is 4.39 Å². The van der Waals surface area contributed by atoms with E-state index in [4.69, 9.17) is 22.1 Å². The van der Waals surface area contributed by atoms with Crippen molar-refractivity contribution in [3.05, 3.63) is 59.1 Å². The molecule has 0 radical (unpaired) electrons. The Kier molecular flexibility index (Phi) is 3.96. The van der Waals surface area contributed by atoms with Crippen molar-refractivity contribution in [3.8, 4) is 16.9 Å². The van der Waals surface area contributed by atoms with Crippen LogP contribution in [0.2, 0.25) is 5.02 Å². The molecule has 3 aromatic rings. The van der Waals surface area contributed by atoms with Gasteiger partial charge < -0.3 is 10.5 Å². The predicted octanol–water partition coefficient (Wildman–Crippen LogP) is 4.16. The van der Waals surface area contributed by atoms with E-state index >= 15 is 0 Å². The molecule has 0 saturated carbocycles. The quantitative estimate of drug-likeness (QED) is 0.789. The number of nitrogens with two attached hydrogens (primary N) is 1. The first-order chi connectivity index (χ1) is 10.7. The van der Waals surface area contributed by atoms with E-state index < -0.39 is 0 Å². The summed E-state index contributed by atoms with van der Waals surface area (Å²) in [4.78, 5) is 4.39. The molecule has 5 heteroatoms. The average molecular weight is 317 g/mol. The van der Waals surface area contributed by atoms with Gasteiger partial charge in [0.15, 0.2) is 0 Å². The first kappa shape index (κ1) is 14.8. The minimum atomic E-state index is -0.348. The van der Waals surface area contributed by atoms with E-state index in [0.29, 0.717) is 28.4 Å². The fourth-order valence-electron chi connectivity index (χ4n) is 2.57. The molecule has 1 heterocycles. The Morgan fingerprint density at radius 2 is 2.05 bits per heavy atom. The van der Waals surface area contributed by atoms with E-state index in [-0.39, 0.29) is 5.82 Å². The summed E-state index contributed by atoms with van der Waals surface area (Å²) < 4.78 is 19.0.